The third-order valence-electron chi connectivity index (χ3n) is 4.25. The second-order valence-corrected chi connectivity index (χ2v) is 5.91. The zero-order valence-electron chi connectivity index (χ0n) is 13.3. The maximum atomic E-state index is 12.5. The zero-order chi connectivity index (χ0) is 17.7. The summed E-state index contributed by atoms with van der Waals surface area (Å²) in [6.07, 6.45) is -0.751. The van der Waals surface area contributed by atoms with Gasteiger partial charge in [-0.15, -0.1) is 0 Å². The summed E-state index contributed by atoms with van der Waals surface area (Å²) in [5.41, 5.74) is -0.738. The third-order valence-corrected chi connectivity index (χ3v) is 4.25. The maximum absolute atomic E-state index is 12.5. The molecule has 0 spiro atoms. The van der Waals surface area contributed by atoms with Crippen LogP contribution < -0.4 is 0 Å². The molecule has 1 amide bonds. The molecule has 4 nitrogen and oxygen atoms in total. The van der Waals surface area contributed by atoms with E-state index in [0.717, 1.165) is 49.9 Å². The summed E-state index contributed by atoms with van der Waals surface area (Å²) < 4.78 is 42.8. The van der Waals surface area contributed by atoms with Crippen molar-refractivity contribution in [2.45, 2.75) is 44.1 Å². The highest BCUT2D eigenvalue weighted by molar-refractivity contribution is 5.89. The summed E-state index contributed by atoms with van der Waals surface area (Å²) in [5.74, 6) is -0.622. The average molecular weight is 343 g/mol. The van der Waals surface area contributed by atoms with Gasteiger partial charge in [-0.25, -0.2) is 4.99 Å². The van der Waals surface area contributed by atoms with Crippen molar-refractivity contribution in [2.75, 3.05) is 7.11 Å². The second kappa shape index (κ2) is 7.90. The fourth-order valence-corrected chi connectivity index (χ4v) is 2.72. The molecule has 132 valence electrons. The first-order valence-electron chi connectivity index (χ1n) is 7.77. The van der Waals surface area contributed by atoms with Gasteiger partial charge in [0.15, 0.2) is 6.10 Å². The fourth-order valence-electron chi connectivity index (χ4n) is 2.72. The molecule has 1 aromatic rings. The molecule has 24 heavy (non-hydrogen) atoms. The van der Waals surface area contributed by atoms with Crippen LogP contribution in [0.2, 0.25) is 0 Å². The molecule has 1 unspecified atom stereocenters. The molecule has 1 aromatic carbocycles. The Balaban J connectivity index is 1.93. The monoisotopic (exact) mass is 343 g/mol. The number of hydrogen-bond donors (Lipinski definition) is 1. The van der Waals surface area contributed by atoms with Crippen LogP contribution in [-0.4, -0.2) is 30.4 Å². The normalized spacial score (nSPS) is 23.4. The number of rotatable bonds is 4. The Labute approximate surface area is 138 Å². The summed E-state index contributed by atoms with van der Waals surface area (Å²) in [6.45, 7) is 0. The summed E-state index contributed by atoms with van der Waals surface area (Å²) in [5, 5.41) is 9.93. The van der Waals surface area contributed by atoms with Crippen LogP contribution in [0.1, 0.15) is 42.9 Å². The minimum atomic E-state index is -4.45. The molecule has 1 saturated carbocycles. The van der Waals surface area contributed by atoms with E-state index in [9.17, 15) is 23.1 Å². The van der Waals surface area contributed by atoms with Crippen molar-refractivity contribution < 1.29 is 27.8 Å². The van der Waals surface area contributed by atoms with E-state index in [1.165, 1.54) is 6.21 Å². The smallest absolute Gasteiger partial charge is 0.381 e. The summed E-state index contributed by atoms with van der Waals surface area (Å²) in [7, 11) is 1.67. The minimum Gasteiger partial charge on any atom is -0.381 e. The Morgan fingerprint density at radius 1 is 1.25 bits per heavy atom. The molecule has 1 atom stereocenters. The van der Waals surface area contributed by atoms with Gasteiger partial charge in [0.2, 0.25) is 0 Å². The molecule has 1 aliphatic carbocycles. The van der Waals surface area contributed by atoms with Crippen molar-refractivity contribution in [3.63, 3.8) is 0 Å². The van der Waals surface area contributed by atoms with Crippen LogP contribution in [0, 0.1) is 5.92 Å². The number of nitrogens with zero attached hydrogens (tertiary/aromatic N) is 1. The van der Waals surface area contributed by atoms with Gasteiger partial charge in [-0.2, -0.15) is 13.2 Å². The highest BCUT2D eigenvalue weighted by Gasteiger charge is 2.30. The lowest BCUT2D eigenvalue weighted by atomic mass is 9.88. The number of benzene rings is 1. The number of halogens is 3. The van der Waals surface area contributed by atoms with Crippen LogP contribution in [-0.2, 0) is 15.7 Å². The molecule has 1 N–H and O–H groups in total. The van der Waals surface area contributed by atoms with Crippen molar-refractivity contribution in [3.05, 3.63) is 35.4 Å². The summed E-state index contributed by atoms with van der Waals surface area (Å²) >= 11 is 0. The summed E-state index contributed by atoms with van der Waals surface area (Å²) in [4.78, 5) is 15.7. The van der Waals surface area contributed by atoms with E-state index in [2.05, 4.69) is 4.99 Å². The number of carbonyl (C=O) groups is 1. The lowest BCUT2D eigenvalue weighted by Crippen LogP contribution is -2.21. The predicted octanol–water partition coefficient (Wildman–Crippen LogP) is 3.54. The van der Waals surface area contributed by atoms with Gasteiger partial charge >= 0.3 is 6.18 Å². The van der Waals surface area contributed by atoms with E-state index >= 15 is 0 Å². The Kier molecular flexibility index (Phi) is 6.12. The quantitative estimate of drug-likeness (QED) is 0.851. The molecule has 2 rings (SSSR count). The molecular formula is C17H20F3NO3. The van der Waals surface area contributed by atoms with Gasteiger partial charge in [-0.3, -0.25) is 4.79 Å². The molecule has 0 saturated heterocycles. The van der Waals surface area contributed by atoms with Crippen LogP contribution in [0.5, 0.6) is 0 Å². The number of aliphatic hydroxyl groups excluding tert-OH is 1. The molecule has 1 aliphatic rings. The maximum Gasteiger partial charge on any atom is 0.416 e. The molecule has 0 bridgehead atoms. The van der Waals surface area contributed by atoms with Crippen LogP contribution in [0.15, 0.2) is 29.3 Å². The SMILES string of the molecule is COC1CCC(C=NC(=O)C(O)c2ccc(C(F)(F)F)cc2)CC1. The van der Waals surface area contributed by atoms with Crippen molar-refractivity contribution in [1.82, 2.24) is 0 Å². The number of aliphatic hydroxyl groups is 1. The Hall–Kier alpha value is -1.73. The van der Waals surface area contributed by atoms with Crippen molar-refractivity contribution in [1.29, 1.82) is 0 Å². The van der Waals surface area contributed by atoms with E-state index in [1.807, 2.05) is 0 Å². The fraction of sp³-hybridized carbons (Fsp3) is 0.529. The first-order valence-corrected chi connectivity index (χ1v) is 7.77. The largest absolute Gasteiger partial charge is 0.416 e. The number of ether oxygens (including phenoxy) is 1. The number of amides is 1. The van der Waals surface area contributed by atoms with Gasteiger partial charge in [-0.1, -0.05) is 12.1 Å². The molecule has 1 fully saturated rings. The number of aliphatic imine (C=N–C) groups is 1. The van der Waals surface area contributed by atoms with Crippen molar-refractivity contribution in [2.24, 2.45) is 10.9 Å². The first-order chi connectivity index (χ1) is 11.3. The lowest BCUT2D eigenvalue weighted by Gasteiger charge is -2.24. The Morgan fingerprint density at radius 2 is 1.83 bits per heavy atom. The van der Waals surface area contributed by atoms with Gasteiger partial charge in [0.05, 0.1) is 11.7 Å². The Bertz CT molecular complexity index is 576. The number of methoxy groups -OCH3 is 1. The van der Waals surface area contributed by atoms with Crippen LogP contribution >= 0.6 is 0 Å². The van der Waals surface area contributed by atoms with E-state index in [0.29, 0.717) is 0 Å². The van der Waals surface area contributed by atoms with Gasteiger partial charge in [0.25, 0.3) is 5.91 Å². The molecule has 0 aromatic heterocycles. The van der Waals surface area contributed by atoms with Crippen LogP contribution in [0.4, 0.5) is 13.2 Å². The highest BCUT2D eigenvalue weighted by atomic mass is 19.4. The van der Waals surface area contributed by atoms with E-state index in [1.54, 1.807) is 7.11 Å². The number of carbonyl (C=O) groups excluding carboxylic acids is 1. The topological polar surface area (TPSA) is 58.9 Å². The van der Waals surface area contributed by atoms with Gasteiger partial charge in [0, 0.05) is 13.3 Å². The number of alkyl halides is 3. The van der Waals surface area contributed by atoms with Gasteiger partial charge in [0.1, 0.15) is 0 Å². The predicted molar refractivity (Wildman–Crippen MR) is 82.7 cm³/mol. The average Bonchev–Trinajstić information content (AvgIpc) is 2.58. The summed E-state index contributed by atoms with van der Waals surface area (Å²) in [6, 6.07) is 3.85. The standard InChI is InChI=1S/C17H20F3NO3/c1-24-14-8-2-11(3-9-14)10-21-16(23)15(22)12-4-6-13(7-5-12)17(18,19)20/h4-7,10-11,14-15,22H,2-3,8-9H2,1H3. The Morgan fingerprint density at radius 3 is 2.33 bits per heavy atom. The number of hydrogen-bond acceptors (Lipinski definition) is 3. The van der Waals surface area contributed by atoms with E-state index < -0.39 is 23.8 Å². The van der Waals surface area contributed by atoms with Crippen molar-refractivity contribution >= 4 is 12.1 Å². The molecule has 0 heterocycles. The van der Waals surface area contributed by atoms with Crippen LogP contribution in [0.3, 0.4) is 0 Å². The third kappa shape index (κ3) is 4.88. The van der Waals surface area contributed by atoms with E-state index in [4.69, 9.17) is 4.74 Å². The van der Waals surface area contributed by atoms with E-state index in [-0.39, 0.29) is 17.6 Å². The molecule has 0 aliphatic heterocycles. The molecule has 0 radical (unpaired) electrons. The first kappa shape index (κ1) is 18.6. The molecule has 7 heteroatoms. The van der Waals surface area contributed by atoms with Gasteiger partial charge in [-0.05, 0) is 49.3 Å². The van der Waals surface area contributed by atoms with Crippen molar-refractivity contribution in [3.8, 4) is 0 Å². The second-order valence-electron chi connectivity index (χ2n) is 5.91. The minimum absolute atomic E-state index is 0.0910. The van der Waals surface area contributed by atoms with Gasteiger partial charge < -0.3 is 9.84 Å². The molecular weight excluding hydrogens is 323 g/mol. The highest BCUT2D eigenvalue weighted by Crippen LogP contribution is 2.30. The van der Waals surface area contributed by atoms with Crippen LogP contribution in [0.25, 0.3) is 0 Å². The lowest BCUT2D eigenvalue weighted by molar-refractivity contribution is -0.137. The zero-order valence-corrected chi connectivity index (χ0v) is 13.3.